The summed E-state index contributed by atoms with van der Waals surface area (Å²) in [6, 6.07) is 4.08. The first-order valence-corrected chi connectivity index (χ1v) is 9.26. The zero-order valence-corrected chi connectivity index (χ0v) is 15.7. The molecule has 3 amide bonds. The van der Waals surface area contributed by atoms with Gasteiger partial charge in [-0.3, -0.25) is 19.3 Å². The number of fused-ring (bicyclic) bond motifs is 1. The molecule has 0 saturated carbocycles. The Morgan fingerprint density at radius 3 is 2.12 bits per heavy atom. The van der Waals surface area contributed by atoms with Gasteiger partial charge in [0.25, 0.3) is 0 Å². The van der Waals surface area contributed by atoms with Gasteiger partial charge in [0, 0.05) is 18.7 Å². The minimum atomic E-state index is -0.195. The Morgan fingerprint density at radius 2 is 1.58 bits per heavy atom. The van der Waals surface area contributed by atoms with Crippen LogP contribution in [0.4, 0.5) is 5.69 Å². The van der Waals surface area contributed by atoms with E-state index in [4.69, 9.17) is 0 Å². The van der Waals surface area contributed by atoms with Gasteiger partial charge in [0.15, 0.2) is 0 Å². The van der Waals surface area contributed by atoms with Crippen LogP contribution in [-0.4, -0.2) is 29.2 Å². The number of nitrogens with one attached hydrogen (secondary N) is 1. The number of aryl methyl sites for hydroxylation is 3. The third kappa shape index (κ3) is 3.57. The molecule has 1 aliphatic carbocycles. The Kier molecular flexibility index (Phi) is 5.25. The van der Waals surface area contributed by atoms with E-state index in [9.17, 15) is 14.4 Å². The summed E-state index contributed by atoms with van der Waals surface area (Å²) in [4.78, 5) is 38.5. The standard InChI is InChI=1S/C21H26N2O3/c1-13-11-14(2)19(15(3)12-13)22-18(24)9-6-10-23-20(25)16-7-4-5-8-17(16)21(23)26/h4-5,11-12,16-17H,6-10H2,1-3H3,(H,22,24)/t16-,17+. The maximum atomic E-state index is 12.4. The van der Waals surface area contributed by atoms with Gasteiger partial charge >= 0.3 is 0 Å². The lowest BCUT2D eigenvalue weighted by atomic mass is 9.85. The predicted octanol–water partition coefficient (Wildman–Crippen LogP) is 3.28. The molecule has 5 nitrogen and oxygen atoms in total. The van der Waals surface area contributed by atoms with Gasteiger partial charge < -0.3 is 5.32 Å². The number of allylic oxidation sites excluding steroid dienone is 2. The third-order valence-electron chi connectivity index (χ3n) is 5.33. The summed E-state index contributed by atoms with van der Waals surface area (Å²) in [5, 5.41) is 2.97. The maximum Gasteiger partial charge on any atom is 0.233 e. The Morgan fingerprint density at radius 1 is 1.04 bits per heavy atom. The minimum absolute atomic E-state index is 0.0741. The van der Waals surface area contributed by atoms with Crippen LogP contribution < -0.4 is 5.32 Å². The molecule has 0 spiro atoms. The van der Waals surface area contributed by atoms with Gasteiger partial charge in [-0.1, -0.05) is 29.8 Å². The van der Waals surface area contributed by atoms with Crippen molar-refractivity contribution in [2.45, 2.75) is 46.5 Å². The summed E-state index contributed by atoms with van der Waals surface area (Å²) < 4.78 is 0. The molecule has 1 N–H and O–H groups in total. The lowest BCUT2D eigenvalue weighted by molar-refractivity contribution is -0.140. The van der Waals surface area contributed by atoms with Gasteiger partial charge in [-0.25, -0.2) is 0 Å². The predicted molar refractivity (Wildman–Crippen MR) is 101 cm³/mol. The number of nitrogens with zero attached hydrogens (tertiary/aromatic N) is 1. The van der Waals surface area contributed by atoms with Crippen molar-refractivity contribution in [3.05, 3.63) is 41.0 Å². The van der Waals surface area contributed by atoms with Crippen LogP contribution in [0.5, 0.6) is 0 Å². The molecule has 2 aliphatic rings. The molecular formula is C21H26N2O3. The SMILES string of the molecule is Cc1cc(C)c(NC(=O)CCCN2C(=O)[C@H]3CC=CC[C@H]3C2=O)c(C)c1. The molecule has 0 unspecified atom stereocenters. The molecular weight excluding hydrogens is 328 g/mol. The highest BCUT2D eigenvalue weighted by Gasteiger charge is 2.46. The molecule has 1 fully saturated rings. The first kappa shape index (κ1) is 18.4. The fourth-order valence-electron chi connectivity index (χ4n) is 4.07. The molecule has 26 heavy (non-hydrogen) atoms. The molecule has 1 aliphatic heterocycles. The molecule has 5 heteroatoms. The number of amides is 3. The van der Waals surface area contributed by atoms with Crippen LogP contribution in [-0.2, 0) is 14.4 Å². The lowest BCUT2D eigenvalue weighted by Gasteiger charge is -2.15. The molecule has 1 aromatic rings. The van der Waals surface area contributed by atoms with E-state index in [-0.39, 0.29) is 36.0 Å². The quantitative estimate of drug-likeness (QED) is 0.652. The Balaban J connectivity index is 1.53. The van der Waals surface area contributed by atoms with Gasteiger partial charge in [0.2, 0.25) is 17.7 Å². The zero-order valence-electron chi connectivity index (χ0n) is 15.7. The zero-order chi connectivity index (χ0) is 18.8. The number of anilines is 1. The van der Waals surface area contributed by atoms with Crippen LogP contribution in [0.25, 0.3) is 0 Å². The molecule has 1 aromatic carbocycles. The summed E-state index contributed by atoms with van der Waals surface area (Å²) in [5.41, 5.74) is 4.10. The largest absolute Gasteiger partial charge is 0.326 e. The van der Waals surface area contributed by atoms with E-state index in [1.54, 1.807) is 0 Å². The number of hydrogen-bond acceptors (Lipinski definition) is 3. The third-order valence-corrected chi connectivity index (χ3v) is 5.33. The summed E-state index contributed by atoms with van der Waals surface area (Å²) >= 11 is 0. The van der Waals surface area contributed by atoms with Gasteiger partial charge in [-0.15, -0.1) is 0 Å². The van der Waals surface area contributed by atoms with E-state index < -0.39 is 0 Å². The number of benzene rings is 1. The van der Waals surface area contributed by atoms with Crippen LogP contribution >= 0.6 is 0 Å². The van der Waals surface area contributed by atoms with Crippen LogP contribution in [0.2, 0.25) is 0 Å². The first-order chi connectivity index (χ1) is 12.4. The molecule has 0 bridgehead atoms. The smallest absolute Gasteiger partial charge is 0.233 e. The van der Waals surface area contributed by atoms with E-state index in [1.165, 1.54) is 10.5 Å². The van der Waals surface area contributed by atoms with Crippen LogP contribution in [0.1, 0.15) is 42.4 Å². The van der Waals surface area contributed by atoms with Gasteiger partial charge in [-0.05, 0) is 51.2 Å². The van der Waals surface area contributed by atoms with Crippen molar-refractivity contribution in [3.8, 4) is 0 Å². The van der Waals surface area contributed by atoms with Gasteiger partial charge in [0.1, 0.15) is 0 Å². The lowest BCUT2D eigenvalue weighted by Crippen LogP contribution is -2.32. The second-order valence-electron chi connectivity index (χ2n) is 7.41. The second-order valence-corrected chi connectivity index (χ2v) is 7.41. The van der Waals surface area contributed by atoms with E-state index in [0.717, 1.165) is 16.8 Å². The number of rotatable bonds is 5. The fraction of sp³-hybridized carbons (Fsp3) is 0.476. The van der Waals surface area contributed by atoms with Crippen LogP contribution in [0.15, 0.2) is 24.3 Å². The summed E-state index contributed by atoms with van der Waals surface area (Å²) in [5.74, 6) is -0.624. The number of carbonyl (C=O) groups is 3. The number of hydrogen-bond donors (Lipinski definition) is 1. The summed E-state index contributed by atoms with van der Waals surface area (Å²) in [7, 11) is 0. The Hall–Kier alpha value is -2.43. The second kappa shape index (κ2) is 7.44. The topological polar surface area (TPSA) is 66.5 Å². The van der Waals surface area contributed by atoms with E-state index in [0.29, 0.717) is 25.8 Å². The van der Waals surface area contributed by atoms with Crippen molar-refractivity contribution in [2.75, 3.05) is 11.9 Å². The molecule has 1 heterocycles. The molecule has 138 valence electrons. The normalized spacial score (nSPS) is 21.9. The average Bonchev–Trinajstić information content (AvgIpc) is 2.83. The Bertz CT molecular complexity index is 732. The van der Waals surface area contributed by atoms with Crippen LogP contribution in [0, 0.1) is 32.6 Å². The van der Waals surface area contributed by atoms with Crippen molar-refractivity contribution in [2.24, 2.45) is 11.8 Å². The van der Waals surface area contributed by atoms with Crippen molar-refractivity contribution in [1.29, 1.82) is 0 Å². The van der Waals surface area contributed by atoms with Gasteiger partial charge in [-0.2, -0.15) is 0 Å². The highest BCUT2D eigenvalue weighted by atomic mass is 16.2. The molecule has 0 aromatic heterocycles. The fourth-order valence-corrected chi connectivity index (χ4v) is 4.07. The van der Waals surface area contributed by atoms with Crippen molar-refractivity contribution >= 4 is 23.4 Å². The number of carbonyl (C=O) groups excluding carboxylic acids is 3. The van der Waals surface area contributed by atoms with E-state index in [1.807, 2.05) is 45.1 Å². The molecule has 1 saturated heterocycles. The molecule has 3 rings (SSSR count). The van der Waals surface area contributed by atoms with Gasteiger partial charge in [0.05, 0.1) is 11.8 Å². The highest BCUT2D eigenvalue weighted by Crippen LogP contribution is 2.35. The van der Waals surface area contributed by atoms with E-state index >= 15 is 0 Å². The number of imide groups is 1. The average molecular weight is 354 g/mol. The van der Waals surface area contributed by atoms with Crippen LogP contribution in [0.3, 0.4) is 0 Å². The van der Waals surface area contributed by atoms with Crippen molar-refractivity contribution < 1.29 is 14.4 Å². The maximum absolute atomic E-state index is 12.4. The minimum Gasteiger partial charge on any atom is -0.326 e. The molecule has 2 atom stereocenters. The van der Waals surface area contributed by atoms with Crippen molar-refractivity contribution in [3.63, 3.8) is 0 Å². The first-order valence-electron chi connectivity index (χ1n) is 9.26. The number of likely N-dealkylation sites (tertiary alicyclic amines) is 1. The summed E-state index contributed by atoms with van der Waals surface area (Å²) in [6.45, 7) is 6.31. The van der Waals surface area contributed by atoms with E-state index in [2.05, 4.69) is 5.32 Å². The highest BCUT2D eigenvalue weighted by molar-refractivity contribution is 6.05. The molecule has 0 radical (unpaired) electrons. The Labute approximate surface area is 154 Å². The monoisotopic (exact) mass is 354 g/mol. The van der Waals surface area contributed by atoms with Crippen molar-refractivity contribution in [1.82, 2.24) is 4.90 Å². The summed E-state index contributed by atoms with van der Waals surface area (Å²) in [6.07, 6.45) is 6.04.